The Labute approximate surface area is 105 Å². The molecule has 0 bridgehead atoms. The molecule has 2 aromatic rings. The summed E-state index contributed by atoms with van der Waals surface area (Å²) in [6.07, 6.45) is 3.15. The summed E-state index contributed by atoms with van der Waals surface area (Å²) in [7, 11) is 0. The molecule has 0 aliphatic carbocycles. The van der Waals surface area contributed by atoms with Gasteiger partial charge in [-0.1, -0.05) is 27.5 Å². The van der Waals surface area contributed by atoms with Gasteiger partial charge in [0.25, 0.3) is 5.91 Å². The van der Waals surface area contributed by atoms with Gasteiger partial charge in [-0.2, -0.15) is 0 Å². The Kier molecular flexibility index (Phi) is 3.26. The zero-order valence-electron chi connectivity index (χ0n) is 8.00. The van der Waals surface area contributed by atoms with Crippen LogP contribution in [0.4, 0.5) is 5.82 Å². The van der Waals surface area contributed by atoms with Crippen molar-refractivity contribution < 1.29 is 4.79 Å². The Morgan fingerprint density at radius 2 is 2.31 bits per heavy atom. The van der Waals surface area contributed by atoms with Gasteiger partial charge in [0, 0.05) is 16.9 Å². The molecule has 0 fully saturated rings. The first-order valence-corrected chi connectivity index (χ1v) is 5.59. The van der Waals surface area contributed by atoms with Crippen LogP contribution >= 0.6 is 27.5 Å². The average Bonchev–Trinajstić information content (AvgIpc) is 2.65. The molecule has 0 aliphatic heterocycles. The standard InChI is InChI=1S/C10H7BrClN3O/c11-6-1-2-13-9(3-6)15-10(16)8-4-7(12)5-14-8/h1-5,14H,(H,13,15,16). The molecule has 16 heavy (non-hydrogen) atoms. The minimum absolute atomic E-state index is 0.280. The minimum atomic E-state index is -0.280. The molecule has 2 rings (SSSR count). The van der Waals surface area contributed by atoms with Crippen molar-refractivity contribution in [3.63, 3.8) is 0 Å². The van der Waals surface area contributed by atoms with E-state index < -0.39 is 0 Å². The number of carbonyl (C=O) groups excluding carboxylic acids is 1. The highest BCUT2D eigenvalue weighted by atomic mass is 79.9. The first-order chi connectivity index (χ1) is 7.65. The number of hydrogen-bond acceptors (Lipinski definition) is 2. The Bertz CT molecular complexity index is 526. The summed E-state index contributed by atoms with van der Waals surface area (Å²) in [6, 6.07) is 5.04. The topological polar surface area (TPSA) is 57.8 Å². The van der Waals surface area contributed by atoms with Crippen LogP contribution in [0.15, 0.2) is 35.1 Å². The number of rotatable bonds is 2. The van der Waals surface area contributed by atoms with Gasteiger partial charge in [0.1, 0.15) is 11.5 Å². The molecule has 2 aromatic heterocycles. The first kappa shape index (κ1) is 11.2. The molecule has 0 saturated heterocycles. The summed E-state index contributed by atoms with van der Waals surface area (Å²) in [5.41, 5.74) is 0.395. The highest BCUT2D eigenvalue weighted by Gasteiger charge is 2.08. The molecule has 0 atom stereocenters. The number of pyridine rings is 1. The number of aromatic amines is 1. The van der Waals surface area contributed by atoms with Crippen LogP contribution in [0.2, 0.25) is 5.02 Å². The fourth-order valence-electron chi connectivity index (χ4n) is 1.16. The zero-order valence-corrected chi connectivity index (χ0v) is 10.3. The van der Waals surface area contributed by atoms with Crippen molar-refractivity contribution in [1.29, 1.82) is 0 Å². The summed E-state index contributed by atoms with van der Waals surface area (Å²) in [5, 5.41) is 3.14. The summed E-state index contributed by atoms with van der Waals surface area (Å²) in [6.45, 7) is 0. The molecule has 2 N–H and O–H groups in total. The number of H-pyrrole nitrogens is 1. The lowest BCUT2D eigenvalue weighted by Crippen LogP contribution is -2.13. The predicted octanol–water partition coefficient (Wildman–Crippen LogP) is 3.08. The van der Waals surface area contributed by atoms with Gasteiger partial charge in [-0.25, -0.2) is 4.98 Å². The molecular formula is C10H7BrClN3O. The Morgan fingerprint density at radius 3 is 2.94 bits per heavy atom. The van der Waals surface area contributed by atoms with Gasteiger partial charge < -0.3 is 10.3 Å². The van der Waals surface area contributed by atoms with Gasteiger partial charge >= 0.3 is 0 Å². The smallest absolute Gasteiger partial charge is 0.273 e. The summed E-state index contributed by atoms with van der Waals surface area (Å²) in [5.74, 6) is 0.197. The third-order valence-electron chi connectivity index (χ3n) is 1.86. The van der Waals surface area contributed by atoms with E-state index in [1.54, 1.807) is 30.6 Å². The van der Waals surface area contributed by atoms with E-state index in [9.17, 15) is 4.79 Å². The molecule has 2 heterocycles. The molecule has 0 radical (unpaired) electrons. The fraction of sp³-hybridized carbons (Fsp3) is 0. The molecule has 4 nitrogen and oxygen atoms in total. The van der Waals surface area contributed by atoms with Crippen LogP contribution < -0.4 is 5.32 Å². The quantitative estimate of drug-likeness (QED) is 0.895. The van der Waals surface area contributed by atoms with Crippen LogP contribution in [0.3, 0.4) is 0 Å². The monoisotopic (exact) mass is 299 g/mol. The second-order valence-electron chi connectivity index (χ2n) is 3.04. The van der Waals surface area contributed by atoms with Gasteiger partial charge in [-0.15, -0.1) is 0 Å². The van der Waals surface area contributed by atoms with E-state index in [4.69, 9.17) is 11.6 Å². The van der Waals surface area contributed by atoms with Crippen molar-refractivity contribution in [3.05, 3.63) is 45.8 Å². The van der Waals surface area contributed by atoms with E-state index in [-0.39, 0.29) is 5.91 Å². The van der Waals surface area contributed by atoms with Gasteiger partial charge in [0.15, 0.2) is 0 Å². The number of amides is 1. The van der Waals surface area contributed by atoms with Gasteiger partial charge in [-0.3, -0.25) is 4.79 Å². The van der Waals surface area contributed by atoms with E-state index in [0.717, 1.165) is 4.47 Å². The SMILES string of the molecule is O=C(Nc1cc(Br)ccn1)c1cc(Cl)c[nH]1. The molecule has 0 aliphatic rings. The zero-order chi connectivity index (χ0) is 11.5. The minimum Gasteiger partial charge on any atom is -0.356 e. The summed E-state index contributed by atoms with van der Waals surface area (Å²) < 4.78 is 0.849. The highest BCUT2D eigenvalue weighted by molar-refractivity contribution is 9.10. The molecule has 0 spiro atoms. The highest BCUT2D eigenvalue weighted by Crippen LogP contribution is 2.14. The number of hydrogen-bond donors (Lipinski definition) is 2. The van der Waals surface area contributed by atoms with E-state index in [1.165, 1.54) is 0 Å². The second kappa shape index (κ2) is 4.67. The van der Waals surface area contributed by atoms with Crippen molar-refractivity contribution in [2.24, 2.45) is 0 Å². The number of nitrogens with zero attached hydrogens (tertiary/aromatic N) is 1. The molecular weight excluding hydrogens is 293 g/mol. The normalized spacial score (nSPS) is 10.1. The van der Waals surface area contributed by atoms with Gasteiger partial charge in [-0.05, 0) is 18.2 Å². The van der Waals surface area contributed by atoms with Crippen molar-refractivity contribution in [1.82, 2.24) is 9.97 Å². The first-order valence-electron chi connectivity index (χ1n) is 4.42. The van der Waals surface area contributed by atoms with Crippen LogP contribution in [0.1, 0.15) is 10.5 Å². The Balaban J connectivity index is 2.13. The van der Waals surface area contributed by atoms with Crippen molar-refractivity contribution in [3.8, 4) is 0 Å². The van der Waals surface area contributed by atoms with Crippen molar-refractivity contribution >= 4 is 39.3 Å². The number of aromatic nitrogens is 2. The Morgan fingerprint density at radius 1 is 1.50 bits per heavy atom. The van der Waals surface area contributed by atoms with Crippen LogP contribution in [0.25, 0.3) is 0 Å². The average molecular weight is 301 g/mol. The molecule has 82 valence electrons. The second-order valence-corrected chi connectivity index (χ2v) is 4.40. The van der Waals surface area contributed by atoms with Crippen molar-refractivity contribution in [2.45, 2.75) is 0 Å². The fourth-order valence-corrected chi connectivity index (χ4v) is 1.65. The third kappa shape index (κ3) is 2.62. The molecule has 0 aromatic carbocycles. The Hall–Kier alpha value is -1.33. The molecule has 0 unspecified atom stereocenters. The number of anilines is 1. The predicted molar refractivity (Wildman–Crippen MR) is 65.7 cm³/mol. The summed E-state index contributed by atoms with van der Waals surface area (Å²) >= 11 is 8.99. The molecule has 6 heteroatoms. The lowest BCUT2D eigenvalue weighted by molar-refractivity contribution is 0.102. The largest absolute Gasteiger partial charge is 0.356 e. The molecule has 1 amide bonds. The maximum Gasteiger partial charge on any atom is 0.273 e. The number of halogens is 2. The maximum atomic E-state index is 11.7. The van der Waals surface area contributed by atoms with Gasteiger partial charge in [0.05, 0.1) is 5.02 Å². The van der Waals surface area contributed by atoms with E-state index in [1.807, 2.05) is 0 Å². The summed E-state index contributed by atoms with van der Waals surface area (Å²) in [4.78, 5) is 18.4. The van der Waals surface area contributed by atoms with Crippen LogP contribution in [-0.4, -0.2) is 15.9 Å². The maximum absolute atomic E-state index is 11.7. The van der Waals surface area contributed by atoms with Crippen LogP contribution in [-0.2, 0) is 0 Å². The third-order valence-corrected chi connectivity index (χ3v) is 2.57. The lowest BCUT2D eigenvalue weighted by Gasteiger charge is -2.02. The number of nitrogens with one attached hydrogen (secondary N) is 2. The van der Waals surface area contributed by atoms with E-state index >= 15 is 0 Å². The van der Waals surface area contributed by atoms with Crippen LogP contribution in [0.5, 0.6) is 0 Å². The van der Waals surface area contributed by atoms with Crippen molar-refractivity contribution in [2.75, 3.05) is 5.32 Å². The lowest BCUT2D eigenvalue weighted by atomic mass is 10.4. The van der Waals surface area contributed by atoms with E-state index in [2.05, 4.69) is 31.2 Å². The van der Waals surface area contributed by atoms with Crippen LogP contribution in [0, 0.1) is 0 Å². The number of carbonyl (C=O) groups is 1. The molecule has 0 saturated carbocycles. The van der Waals surface area contributed by atoms with E-state index in [0.29, 0.717) is 16.5 Å². The van der Waals surface area contributed by atoms with Gasteiger partial charge in [0.2, 0.25) is 0 Å².